The van der Waals surface area contributed by atoms with Gasteiger partial charge in [-0.2, -0.15) is 0 Å². The fourth-order valence-electron chi connectivity index (χ4n) is 7.39. The van der Waals surface area contributed by atoms with Crippen LogP contribution in [0.1, 0.15) is 73.1 Å². The number of hydrogen-bond donors (Lipinski definition) is 4. The van der Waals surface area contributed by atoms with E-state index < -0.39 is 63.3 Å². The normalized spacial score (nSPS) is 42.0. The molecule has 1 aliphatic heterocycles. The highest BCUT2D eigenvalue weighted by Gasteiger charge is 2.82. The molecule has 4 N–H and O–H groups in total. The Balaban J connectivity index is 1.96. The van der Waals surface area contributed by atoms with Crippen molar-refractivity contribution in [1.82, 2.24) is 10.4 Å². The fraction of sp³-hybridized carbons (Fsp3) is 0.815. The zero-order valence-corrected chi connectivity index (χ0v) is 23.6. The van der Waals surface area contributed by atoms with Gasteiger partial charge in [0.2, 0.25) is 5.79 Å². The molecule has 38 heavy (non-hydrogen) atoms. The van der Waals surface area contributed by atoms with Crippen LogP contribution < -0.4 is 5.48 Å². The maximum Gasteiger partial charge on any atom is 0.443 e. The summed E-state index contributed by atoms with van der Waals surface area (Å²) in [5.74, 6) is -4.59. The van der Waals surface area contributed by atoms with Crippen LogP contribution >= 0.6 is 0 Å². The summed E-state index contributed by atoms with van der Waals surface area (Å²) in [6, 6.07) is 0. The lowest BCUT2D eigenvalue weighted by Crippen LogP contribution is -2.85. The van der Waals surface area contributed by atoms with Crippen LogP contribution in [0.3, 0.4) is 0 Å². The molecule has 1 saturated heterocycles. The average molecular weight is 541 g/mol. The number of nitrogens with one attached hydrogen (secondary N) is 1. The summed E-state index contributed by atoms with van der Waals surface area (Å²) in [5, 5.41) is 35.8. The predicted molar refractivity (Wildman–Crippen MR) is 136 cm³/mol. The Labute approximate surface area is 224 Å². The number of ketones is 1. The molecule has 0 spiro atoms. The van der Waals surface area contributed by atoms with Gasteiger partial charge < -0.3 is 34.5 Å². The quantitative estimate of drug-likeness (QED) is 0.223. The first-order valence-electron chi connectivity index (χ1n) is 13.1. The van der Waals surface area contributed by atoms with E-state index in [1.165, 1.54) is 19.9 Å². The standard InChI is InChI=1S/C27H44N2O9/c1-9-23(4)16-18(31)27(35)24(5,38-23)15-17(30)20-22(2,3)12-13-26(34,25(20,27)6)36-21(33)28-37-19(32)11-10-14-29(7)8/h9,17,20,30,34-35H,1,10-16H2,2-8H3,(H,28,33)/t17-,20+,23+,24-,25-,26-,27-/m1/s1. The summed E-state index contributed by atoms with van der Waals surface area (Å²) in [7, 11) is 3.73. The number of aliphatic hydroxyl groups is 3. The van der Waals surface area contributed by atoms with Crippen molar-refractivity contribution in [2.45, 2.75) is 102 Å². The van der Waals surface area contributed by atoms with Crippen LogP contribution in [0.4, 0.5) is 4.79 Å². The third kappa shape index (κ3) is 4.66. The number of nitrogens with zero attached hydrogens (tertiary/aromatic N) is 1. The van der Waals surface area contributed by atoms with Crippen LogP contribution in [0.2, 0.25) is 0 Å². The first-order valence-corrected chi connectivity index (χ1v) is 13.1. The zero-order valence-electron chi connectivity index (χ0n) is 23.6. The van der Waals surface area contributed by atoms with Crippen molar-refractivity contribution >= 4 is 17.8 Å². The minimum atomic E-state index is -2.42. The molecule has 3 fully saturated rings. The molecule has 2 saturated carbocycles. The van der Waals surface area contributed by atoms with Gasteiger partial charge in [0.15, 0.2) is 11.4 Å². The average Bonchev–Trinajstić information content (AvgIpc) is 2.77. The molecular formula is C27H44N2O9. The van der Waals surface area contributed by atoms with E-state index in [1.807, 2.05) is 38.3 Å². The molecule has 2 aliphatic carbocycles. The van der Waals surface area contributed by atoms with Gasteiger partial charge in [0.25, 0.3) is 0 Å². The Bertz CT molecular complexity index is 986. The molecule has 0 unspecified atom stereocenters. The first kappa shape index (κ1) is 30.5. The largest absolute Gasteiger partial charge is 0.443 e. The highest BCUT2D eigenvalue weighted by molar-refractivity contribution is 5.92. The molecule has 0 aromatic heterocycles. The number of hydroxylamine groups is 1. The number of ether oxygens (including phenoxy) is 2. The molecule has 0 bridgehead atoms. The van der Waals surface area contributed by atoms with E-state index >= 15 is 0 Å². The second-order valence-electron chi connectivity index (χ2n) is 12.8. The van der Waals surface area contributed by atoms with Crippen LogP contribution in [0, 0.1) is 16.7 Å². The number of hydrogen-bond acceptors (Lipinski definition) is 10. The van der Waals surface area contributed by atoms with Gasteiger partial charge in [-0.15, -0.1) is 12.1 Å². The third-order valence-electron chi connectivity index (χ3n) is 9.19. The van der Waals surface area contributed by atoms with Gasteiger partial charge in [0.05, 0.1) is 17.1 Å². The molecule has 1 heterocycles. The Morgan fingerprint density at radius 1 is 1.18 bits per heavy atom. The summed E-state index contributed by atoms with van der Waals surface area (Å²) in [6.45, 7) is 12.8. The van der Waals surface area contributed by atoms with Crippen molar-refractivity contribution in [3.05, 3.63) is 12.7 Å². The number of fused-ring (bicyclic) bond motifs is 3. The number of aliphatic hydroxyl groups excluding tert-OH is 1. The van der Waals surface area contributed by atoms with Gasteiger partial charge >= 0.3 is 12.1 Å². The lowest BCUT2D eigenvalue weighted by molar-refractivity contribution is -0.398. The molecule has 0 radical (unpaired) electrons. The van der Waals surface area contributed by atoms with Gasteiger partial charge in [0.1, 0.15) is 5.60 Å². The number of carbonyl (C=O) groups is 3. The van der Waals surface area contributed by atoms with Crippen LogP contribution in [0.5, 0.6) is 0 Å². The minimum Gasteiger partial charge on any atom is -0.414 e. The summed E-state index contributed by atoms with van der Waals surface area (Å²) >= 11 is 0. The summed E-state index contributed by atoms with van der Waals surface area (Å²) < 4.78 is 11.8. The lowest BCUT2D eigenvalue weighted by atomic mass is 9.39. The van der Waals surface area contributed by atoms with Gasteiger partial charge in [-0.1, -0.05) is 19.9 Å². The zero-order chi connectivity index (χ0) is 28.9. The number of rotatable bonds is 6. The van der Waals surface area contributed by atoms with E-state index in [0.29, 0.717) is 19.4 Å². The molecule has 11 heteroatoms. The topological polar surface area (TPSA) is 155 Å². The Kier molecular flexibility index (Phi) is 7.90. The van der Waals surface area contributed by atoms with E-state index in [0.717, 1.165) is 0 Å². The molecule has 3 aliphatic rings. The number of carbonyl (C=O) groups excluding carboxylic acids is 3. The highest BCUT2D eigenvalue weighted by atomic mass is 16.7. The molecule has 7 atom stereocenters. The minimum absolute atomic E-state index is 0.0505. The van der Waals surface area contributed by atoms with Crippen molar-refractivity contribution < 1.29 is 44.0 Å². The third-order valence-corrected chi connectivity index (χ3v) is 9.19. The van der Waals surface area contributed by atoms with Gasteiger partial charge in [0, 0.05) is 31.6 Å². The summed E-state index contributed by atoms with van der Waals surface area (Å²) in [6.07, 6.45) is -0.495. The second-order valence-corrected chi connectivity index (χ2v) is 12.8. The second kappa shape index (κ2) is 9.85. The van der Waals surface area contributed by atoms with E-state index in [9.17, 15) is 29.7 Å². The Morgan fingerprint density at radius 3 is 2.39 bits per heavy atom. The van der Waals surface area contributed by atoms with Crippen LogP contribution in [-0.2, 0) is 23.9 Å². The molecule has 1 amide bonds. The predicted octanol–water partition coefficient (Wildman–Crippen LogP) is 1.83. The maximum absolute atomic E-state index is 13.8. The SMILES string of the molecule is C=C[C@@]1(C)CC(=O)[C@]2(O)[C@]3(C)[C@@H]([C@H](O)C[C@@]2(C)O1)C(C)(C)CC[C@@]3(O)OC(=O)NOC(=O)CCCN(C)C. The fourth-order valence-corrected chi connectivity index (χ4v) is 7.39. The molecule has 0 aromatic carbocycles. The smallest absolute Gasteiger partial charge is 0.414 e. The van der Waals surface area contributed by atoms with Crippen molar-refractivity contribution in [3.63, 3.8) is 0 Å². The Morgan fingerprint density at radius 2 is 1.82 bits per heavy atom. The monoisotopic (exact) mass is 540 g/mol. The maximum atomic E-state index is 13.8. The summed E-state index contributed by atoms with van der Waals surface area (Å²) in [5.41, 5.74) is -5.75. The van der Waals surface area contributed by atoms with Crippen molar-refractivity contribution in [3.8, 4) is 0 Å². The van der Waals surface area contributed by atoms with Crippen molar-refractivity contribution in [2.24, 2.45) is 16.7 Å². The van der Waals surface area contributed by atoms with Crippen molar-refractivity contribution in [1.29, 1.82) is 0 Å². The van der Waals surface area contributed by atoms with Crippen LogP contribution in [0.25, 0.3) is 0 Å². The van der Waals surface area contributed by atoms with Crippen LogP contribution in [-0.4, -0.2) is 87.4 Å². The van der Waals surface area contributed by atoms with E-state index in [-0.39, 0.29) is 25.7 Å². The van der Waals surface area contributed by atoms with Crippen molar-refractivity contribution in [2.75, 3.05) is 20.6 Å². The van der Waals surface area contributed by atoms with E-state index in [4.69, 9.17) is 14.3 Å². The highest BCUT2D eigenvalue weighted by Crippen LogP contribution is 2.69. The first-order chi connectivity index (χ1) is 17.3. The molecular weight excluding hydrogens is 496 g/mol. The van der Waals surface area contributed by atoms with Gasteiger partial charge in [-0.25, -0.2) is 9.59 Å². The Hall–Kier alpha value is -2.05. The van der Waals surface area contributed by atoms with Gasteiger partial charge in [-0.05, 0) is 59.7 Å². The van der Waals surface area contributed by atoms with Gasteiger partial charge in [-0.3, -0.25) is 4.79 Å². The summed E-state index contributed by atoms with van der Waals surface area (Å²) in [4.78, 5) is 45.4. The molecule has 0 aromatic rings. The number of amides is 1. The molecule has 3 rings (SSSR count). The van der Waals surface area contributed by atoms with E-state index in [2.05, 4.69) is 6.58 Å². The molecule has 216 valence electrons. The number of Topliss-reactive ketones (excluding diaryl/α,β-unsaturated/α-hetero) is 1. The lowest BCUT2D eigenvalue weighted by Gasteiger charge is -2.71. The van der Waals surface area contributed by atoms with E-state index in [1.54, 1.807) is 6.92 Å². The molecule has 11 nitrogen and oxygen atoms in total. The van der Waals surface area contributed by atoms with Crippen LogP contribution in [0.15, 0.2) is 12.7 Å².